The molecule has 1 aromatic heterocycles. The molecule has 154 valence electrons. The lowest BCUT2D eigenvalue weighted by Crippen LogP contribution is -2.30. The zero-order valence-corrected chi connectivity index (χ0v) is 17.6. The first-order chi connectivity index (χ1) is 14.0. The molecule has 0 spiro atoms. The van der Waals surface area contributed by atoms with Crippen LogP contribution in [0.2, 0.25) is 0 Å². The number of hydrogen-bond acceptors (Lipinski definition) is 7. The van der Waals surface area contributed by atoms with Crippen LogP contribution in [0.3, 0.4) is 0 Å². The Kier molecular flexibility index (Phi) is 6.19. The van der Waals surface area contributed by atoms with E-state index in [0.29, 0.717) is 30.0 Å². The van der Waals surface area contributed by atoms with Gasteiger partial charge in [-0.1, -0.05) is 26.0 Å². The third kappa shape index (κ3) is 3.96. The van der Waals surface area contributed by atoms with Gasteiger partial charge < -0.3 is 13.9 Å². The SMILES string of the molecule is CCN(CC)S(=O)(=O)c1cc(-c2nnc(-c3ccccc3OC)o2)ccc1OC. The lowest BCUT2D eigenvalue weighted by Gasteiger charge is -2.20. The number of para-hydroxylation sites is 1. The molecule has 8 nitrogen and oxygen atoms in total. The first kappa shape index (κ1) is 20.8. The normalized spacial score (nSPS) is 11.6. The van der Waals surface area contributed by atoms with Crippen LogP contribution in [-0.2, 0) is 10.0 Å². The summed E-state index contributed by atoms with van der Waals surface area (Å²) in [4.78, 5) is 0.0539. The number of sulfonamides is 1. The minimum absolute atomic E-state index is 0.0539. The Morgan fingerprint density at radius 2 is 1.59 bits per heavy atom. The Morgan fingerprint density at radius 1 is 0.931 bits per heavy atom. The molecule has 0 bridgehead atoms. The summed E-state index contributed by atoms with van der Waals surface area (Å²) in [5.41, 5.74) is 1.13. The maximum atomic E-state index is 13.0. The minimum Gasteiger partial charge on any atom is -0.496 e. The average Bonchev–Trinajstić information content (AvgIpc) is 3.24. The Hall–Kier alpha value is -2.91. The van der Waals surface area contributed by atoms with Gasteiger partial charge in [0.1, 0.15) is 16.4 Å². The summed E-state index contributed by atoms with van der Waals surface area (Å²) >= 11 is 0. The summed E-state index contributed by atoms with van der Waals surface area (Å²) in [5.74, 6) is 1.33. The zero-order valence-electron chi connectivity index (χ0n) is 16.7. The number of ether oxygens (including phenoxy) is 2. The minimum atomic E-state index is -3.73. The van der Waals surface area contributed by atoms with E-state index < -0.39 is 10.0 Å². The molecule has 0 amide bonds. The molecular formula is C20H23N3O5S. The second kappa shape index (κ2) is 8.62. The molecule has 9 heteroatoms. The van der Waals surface area contributed by atoms with Gasteiger partial charge in [-0.3, -0.25) is 0 Å². The summed E-state index contributed by atoms with van der Waals surface area (Å²) in [6.45, 7) is 4.28. The highest BCUT2D eigenvalue weighted by Crippen LogP contribution is 2.34. The molecule has 1 heterocycles. The van der Waals surface area contributed by atoms with Crippen LogP contribution in [0.15, 0.2) is 51.8 Å². The summed E-state index contributed by atoms with van der Waals surface area (Å²) in [6, 6.07) is 12.0. The predicted octanol–water partition coefficient (Wildman–Crippen LogP) is 3.45. The fourth-order valence-electron chi connectivity index (χ4n) is 2.98. The van der Waals surface area contributed by atoms with Crippen molar-refractivity contribution in [3.63, 3.8) is 0 Å². The molecule has 29 heavy (non-hydrogen) atoms. The van der Waals surface area contributed by atoms with Crippen LogP contribution < -0.4 is 9.47 Å². The highest BCUT2D eigenvalue weighted by atomic mass is 32.2. The van der Waals surface area contributed by atoms with Gasteiger partial charge in [-0.25, -0.2) is 8.42 Å². The van der Waals surface area contributed by atoms with Crippen LogP contribution in [0.5, 0.6) is 11.5 Å². The molecule has 3 rings (SSSR count). The summed E-state index contributed by atoms with van der Waals surface area (Å²) < 4.78 is 43.8. The molecule has 0 N–H and O–H groups in total. The van der Waals surface area contributed by atoms with E-state index >= 15 is 0 Å². The van der Waals surface area contributed by atoms with Crippen LogP contribution in [0.25, 0.3) is 22.9 Å². The van der Waals surface area contributed by atoms with Crippen molar-refractivity contribution in [3.8, 4) is 34.4 Å². The molecule has 0 aliphatic carbocycles. The van der Waals surface area contributed by atoms with Crippen LogP contribution in [-0.4, -0.2) is 50.2 Å². The second-order valence-corrected chi connectivity index (χ2v) is 7.97. The molecule has 0 fully saturated rings. The lowest BCUT2D eigenvalue weighted by atomic mass is 10.2. The zero-order chi connectivity index (χ0) is 21.0. The average molecular weight is 417 g/mol. The number of methoxy groups -OCH3 is 2. The van der Waals surface area contributed by atoms with Crippen molar-refractivity contribution < 1.29 is 22.3 Å². The van der Waals surface area contributed by atoms with E-state index in [9.17, 15) is 8.42 Å². The third-order valence-corrected chi connectivity index (χ3v) is 6.57. The summed E-state index contributed by atoms with van der Waals surface area (Å²) in [7, 11) is -0.739. The molecule has 3 aromatic rings. The number of aromatic nitrogens is 2. The van der Waals surface area contributed by atoms with Crippen molar-refractivity contribution >= 4 is 10.0 Å². The van der Waals surface area contributed by atoms with Gasteiger partial charge in [-0.15, -0.1) is 10.2 Å². The second-order valence-electron chi connectivity index (χ2n) is 6.07. The maximum Gasteiger partial charge on any atom is 0.251 e. The molecule has 2 aromatic carbocycles. The summed E-state index contributed by atoms with van der Waals surface area (Å²) in [5, 5.41) is 8.17. The molecule has 0 aliphatic heterocycles. The van der Waals surface area contributed by atoms with E-state index in [1.54, 1.807) is 45.2 Å². The van der Waals surface area contributed by atoms with E-state index in [2.05, 4.69) is 10.2 Å². The van der Waals surface area contributed by atoms with Crippen LogP contribution in [0.1, 0.15) is 13.8 Å². The molecule has 0 aliphatic rings. The Morgan fingerprint density at radius 3 is 2.24 bits per heavy atom. The molecule has 0 saturated heterocycles. The fraction of sp³-hybridized carbons (Fsp3) is 0.300. The first-order valence-electron chi connectivity index (χ1n) is 9.11. The fourth-order valence-corrected chi connectivity index (χ4v) is 4.62. The van der Waals surface area contributed by atoms with Crippen molar-refractivity contribution in [2.75, 3.05) is 27.3 Å². The number of nitrogens with zero attached hydrogens (tertiary/aromatic N) is 3. The van der Waals surface area contributed by atoms with Crippen LogP contribution in [0, 0.1) is 0 Å². The van der Waals surface area contributed by atoms with Crippen LogP contribution in [0.4, 0.5) is 0 Å². The van der Waals surface area contributed by atoms with E-state index in [0.717, 1.165) is 0 Å². The van der Waals surface area contributed by atoms with Crippen molar-refractivity contribution in [1.29, 1.82) is 0 Å². The number of rotatable bonds is 8. The molecular weight excluding hydrogens is 394 g/mol. The standard InChI is InChI=1S/C20H23N3O5S/c1-5-23(6-2)29(24,25)18-13-14(11-12-17(18)27-4)19-21-22-20(28-19)15-9-7-8-10-16(15)26-3/h7-13H,5-6H2,1-4H3. The van der Waals surface area contributed by atoms with E-state index in [4.69, 9.17) is 13.9 Å². The van der Waals surface area contributed by atoms with E-state index in [1.165, 1.54) is 17.5 Å². The Labute approximate surface area is 170 Å². The quantitative estimate of drug-likeness (QED) is 0.554. The molecule has 0 unspecified atom stereocenters. The Balaban J connectivity index is 2.07. The highest BCUT2D eigenvalue weighted by molar-refractivity contribution is 7.89. The molecule has 0 atom stereocenters. The summed E-state index contributed by atoms with van der Waals surface area (Å²) in [6.07, 6.45) is 0. The largest absolute Gasteiger partial charge is 0.496 e. The van der Waals surface area contributed by atoms with Gasteiger partial charge in [0.15, 0.2) is 0 Å². The smallest absolute Gasteiger partial charge is 0.251 e. The van der Waals surface area contributed by atoms with Gasteiger partial charge in [0.25, 0.3) is 5.89 Å². The number of hydrogen-bond donors (Lipinski definition) is 0. The third-order valence-electron chi connectivity index (χ3n) is 4.50. The van der Waals surface area contributed by atoms with Crippen molar-refractivity contribution in [1.82, 2.24) is 14.5 Å². The van der Waals surface area contributed by atoms with Crippen molar-refractivity contribution in [2.45, 2.75) is 18.7 Å². The van der Waals surface area contributed by atoms with Crippen LogP contribution >= 0.6 is 0 Å². The number of benzene rings is 2. The highest BCUT2D eigenvalue weighted by Gasteiger charge is 2.27. The first-order valence-corrected chi connectivity index (χ1v) is 10.6. The Bertz CT molecular complexity index is 1090. The van der Waals surface area contributed by atoms with Gasteiger partial charge in [0.05, 0.1) is 19.8 Å². The monoisotopic (exact) mass is 417 g/mol. The molecule has 0 radical (unpaired) electrons. The lowest BCUT2D eigenvalue weighted by molar-refractivity contribution is 0.395. The topological polar surface area (TPSA) is 94.8 Å². The maximum absolute atomic E-state index is 13.0. The van der Waals surface area contributed by atoms with Gasteiger partial charge in [0.2, 0.25) is 15.9 Å². The van der Waals surface area contributed by atoms with E-state index in [1.807, 2.05) is 12.1 Å². The predicted molar refractivity (Wildman–Crippen MR) is 108 cm³/mol. The van der Waals surface area contributed by atoms with Crippen molar-refractivity contribution in [2.24, 2.45) is 0 Å². The van der Waals surface area contributed by atoms with Gasteiger partial charge in [0, 0.05) is 18.7 Å². The van der Waals surface area contributed by atoms with Crippen molar-refractivity contribution in [3.05, 3.63) is 42.5 Å². The molecule has 0 saturated carbocycles. The van der Waals surface area contributed by atoms with Gasteiger partial charge in [-0.2, -0.15) is 4.31 Å². The van der Waals surface area contributed by atoms with Gasteiger partial charge in [-0.05, 0) is 30.3 Å². The van der Waals surface area contributed by atoms with E-state index in [-0.39, 0.29) is 22.4 Å². The van der Waals surface area contributed by atoms with Gasteiger partial charge >= 0.3 is 0 Å².